The summed E-state index contributed by atoms with van der Waals surface area (Å²) in [6, 6.07) is 3.60. The number of nitrogens with zero attached hydrogens (tertiary/aromatic N) is 2. The molecule has 1 heterocycles. The Hall–Kier alpha value is -1.23. The summed E-state index contributed by atoms with van der Waals surface area (Å²) in [6.45, 7) is 4.08. The lowest BCUT2D eigenvalue weighted by Crippen LogP contribution is -2.31. The van der Waals surface area contributed by atoms with Gasteiger partial charge in [-0.3, -0.25) is 0 Å². The van der Waals surface area contributed by atoms with E-state index in [0.717, 1.165) is 23.7 Å². The van der Waals surface area contributed by atoms with E-state index in [9.17, 15) is 4.79 Å². The molecular weight excluding hydrogens is 248 g/mol. The highest BCUT2D eigenvalue weighted by atomic mass is 32.2. The minimum absolute atomic E-state index is 0.306. The number of aromatic nitrogens is 1. The van der Waals surface area contributed by atoms with Gasteiger partial charge in [0.05, 0.1) is 5.56 Å². The number of aromatic carboxylic acids is 1. The van der Waals surface area contributed by atoms with Gasteiger partial charge in [0.2, 0.25) is 0 Å². The van der Waals surface area contributed by atoms with Gasteiger partial charge in [-0.25, -0.2) is 9.78 Å². The molecule has 1 unspecified atom stereocenters. The number of carboxylic acids is 1. The monoisotopic (exact) mass is 268 g/mol. The molecule has 0 radical (unpaired) electrons. The normalized spacial score (nSPS) is 12.2. The Morgan fingerprint density at radius 3 is 2.72 bits per heavy atom. The largest absolute Gasteiger partial charge is 0.478 e. The molecule has 18 heavy (non-hydrogen) atoms. The van der Waals surface area contributed by atoms with Crippen molar-refractivity contribution in [3.8, 4) is 0 Å². The molecule has 0 saturated carbocycles. The fourth-order valence-corrected chi connectivity index (χ4v) is 2.34. The fourth-order valence-electron chi connectivity index (χ4n) is 1.64. The molecular formula is C13H20N2O2S. The van der Waals surface area contributed by atoms with Gasteiger partial charge in [-0.15, -0.1) is 0 Å². The summed E-state index contributed by atoms with van der Waals surface area (Å²) in [5, 5.41) is 9.10. The van der Waals surface area contributed by atoms with E-state index in [2.05, 4.69) is 18.2 Å². The molecule has 0 saturated heterocycles. The molecule has 1 atom stereocenters. The second-order valence-corrected chi connectivity index (χ2v) is 5.19. The molecule has 0 amide bonds. The maximum atomic E-state index is 11.1. The second-order valence-electron chi connectivity index (χ2n) is 4.28. The highest BCUT2D eigenvalue weighted by molar-refractivity contribution is 7.98. The topological polar surface area (TPSA) is 53.4 Å². The van der Waals surface area contributed by atoms with Gasteiger partial charge in [0.25, 0.3) is 0 Å². The Balaban J connectivity index is 3.07. The smallest absolute Gasteiger partial charge is 0.335 e. The van der Waals surface area contributed by atoms with Crippen LogP contribution < -0.4 is 4.90 Å². The second kappa shape index (κ2) is 6.64. The lowest BCUT2D eigenvalue weighted by molar-refractivity contribution is 0.0696. The van der Waals surface area contributed by atoms with Gasteiger partial charge in [-0.1, -0.05) is 6.92 Å². The van der Waals surface area contributed by atoms with E-state index in [1.807, 2.05) is 18.9 Å². The van der Waals surface area contributed by atoms with Crippen molar-refractivity contribution in [2.45, 2.75) is 26.3 Å². The fraction of sp³-hybridized carbons (Fsp3) is 0.538. The SMILES string of the molecule is CCc1cc(C(=O)O)cc(N(C)C(C)CSC)n1. The summed E-state index contributed by atoms with van der Waals surface area (Å²) in [7, 11) is 1.95. The van der Waals surface area contributed by atoms with Crippen LogP contribution in [0.1, 0.15) is 29.9 Å². The maximum absolute atomic E-state index is 11.1. The van der Waals surface area contributed by atoms with Crippen LogP contribution in [-0.4, -0.2) is 41.2 Å². The number of pyridine rings is 1. The van der Waals surface area contributed by atoms with Crippen molar-refractivity contribution in [3.63, 3.8) is 0 Å². The van der Waals surface area contributed by atoms with Crippen molar-refractivity contribution < 1.29 is 9.90 Å². The van der Waals surface area contributed by atoms with Gasteiger partial charge in [0.1, 0.15) is 5.82 Å². The van der Waals surface area contributed by atoms with E-state index in [1.165, 1.54) is 0 Å². The van der Waals surface area contributed by atoms with Crippen LogP contribution >= 0.6 is 11.8 Å². The molecule has 0 aliphatic heterocycles. The molecule has 0 aromatic carbocycles. The van der Waals surface area contributed by atoms with E-state index >= 15 is 0 Å². The van der Waals surface area contributed by atoms with Gasteiger partial charge >= 0.3 is 5.97 Å². The number of hydrogen-bond acceptors (Lipinski definition) is 4. The van der Waals surface area contributed by atoms with Crippen LogP contribution in [0.2, 0.25) is 0 Å². The van der Waals surface area contributed by atoms with Gasteiger partial charge in [0.15, 0.2) is 0 Å². The number of rotatable bonds is 6. The van der Waals surface area contributed by atoms with Crippen LogP contribution in [0, 0.1) is 0 Å². The molecule has 1 aromatic heterocycles. The van der Waals surface area contributed by atoms with Crippen LogP contribution in [0.15, 0.2) is 12.1 Å². The van der Waals surface area contributed by atoms with Gasteiger partial charge in [-0.2, -0.15) is 11.8 Å². The number of thioether (sulfide) groups is 1. The predicted octanol–water partition coefficient (Wildman–Crippen LogP) is 2.53. The first kappa shape index (κ1) is 14.8. The number of carboxylic acid groups (broad SMARTS) is 1. The van der Waals surface area contributed by atoms with Crippen molar-refractivity contribution in [1.29, 1.82) is 0 Å². The van der Waals surface area contributed by atoms with Crippen molar-refractivity contribution in [1.82, 2.24) is 4.98 Å². The Morgan fingerprint density at radius 1 is 1.56 bits per heavy atom. The summed E-state index contributed by atoms with van der Waals surface area (Å²) >= 11 is 1.77. The number of anilines is 1. The molecule has 5 heteroatoms. The van der Waals surface area contributed by atoms with Crippen LogP contribution in [0.5, 0.6) is 0 Å². The minimum Gasteiger partial charge on any atom is -0.478 e. The van der Waals surface area contributed by atoms with Crippen molar-refractivity contribution in [2.24, 2.45) is 0 Å². The quantitative estimate of drug-likeness (QED) is 0.859. The molecule has 100 valence electrons. The molecule has 0 aliphatic carbocycles. The number of carbonyl (C=O) groups is 1. The molecule has 0 fully saturated rings. The summed E-state index contributed by atoms with van der Waals surface area (Å²) in [6.07, 6.45) is 2.79. The Labute approximate surface area is 112 Å². The summed E-state index contributed by atoms with van der Waals surface area (Å²) in [5.74, 6) is 0.810. The van der Waals surface area contributed by atoms with Crippen LogP contribution in [0.25, 0.3) is 0 Å². The Bertz CT molecular complexity index is 423. The molecule has 0 spiro atoms. The molecule has 0 bridgehead atoms. The minimum atomic E-state index is -0.903. The highest BCUT2D eigenvalue weighted by Gasteiger charge is 2.14. The van der Waals surface area contributed by atoms with E-state index in [4.69, 9.17) is 5.11 Å². The maximum Gasteiger partial charge on any atom is 0.335 e. The number of hydrogen-bond donors (Lipinski definition) is 1. The Morgan fingerprint density at radius 2 is 2.22 bits per heavy atom. The van der Waals surface area contributed by atoms with Gasteiger partial charge < -0.3 is 10.0 Å². The van der Waals surface area contributed by atoms with Gasteiger partial charge in [0, 0.05) is 24.5 Å². The third-order valence-electron chi connectivity index (χ3n) is 2.90. The van der Waals surface area contributed by atoms with Crippen molar-refractivity contribution in [3.05, 3.63) is 23.4 Å². The summed E-state index contributed by atoms with van der Waals surface area (Å²) in [4.78, 5) is 17.6. The third-order valence-corrected chi connectivity index (χ3v) is 3.72. The van der Waals surface area contributed by atoms with E-state index in [0.29, 0.717) is 11.6 Å². The van der Waals surface area contributed by atoms with Gasteiger partial charge in [-0.05, 0) is 31.7 Å². The standard InChI is InChI=1S/C13H20N2O2S/c1-5-11-6-10(13(16)17)7-12(14-11)15(3)9(2)8-18-4/h6-7,9H,5,8H2,1-4H3,(H,16,17). The van der Waals surface area contributed by atoms with E-state index in [-0.39, 0.29) is 0 Å². The Kier molecular flexibility index (Phi) is 5.47. The first-order valence-corrected chi connectivity index (χ1v) is 7.35. The first-order valence-electron chi connectivity index (χ1n) is 5.95. The zero-order valence-corrected chi connectivity index (χ0v) is 12.1. The highest BCUT2D eigenvalue weighted by Crippen LogP contribution is 2.18. The lowest BCUT2D eigenvalue weighted by atomic mass is 10.2. The molecule has 1 N–H and O–H groups in total. The predicted molar refractivity (Wildman–Crippen MR) is 76.8 cm³/mol. The van der Waals surface area contributed by atoms with Crippen molar-refractivity contribution in [2.75, 3.05) is 24.0 Å². The molecule has 1 aromatic rings. The van der Waals surface area contributed by atoms with Crippen LogP contribution in [-0.2, 0) is 6.42 Å². The van der Waals surface area contributed by atoms with Crippen molar-refractivity contribution >= 4 is 23.5 Å². The average Bonchev–Trinajstić information content (AvgIpc) is 2.37. The molecule has 1 rings (SSSR count). The molecule has 4 nitrogen and oxygen atoms in total. The summed E-state index contributed by atoms with van der Waals surface area (Å²) < 4.78 is 0. The lowest BCUT2D eigenvalue weighted by Gasteiger charge is -2.26. The summed E-state index contributed by atoms with van der Waals surface area (Å²) in [5.41, 5.74) is 1.12. The average molecular weight is 268 g/mol. The van der Waals surface area contributed by atoms with Crippen LogP contribution in [0.3, 0.4) is 0 Å². The zero-order chi connectivity index (χ0) is 13.7. The van der Waals surface area contributed by atoms with E-state index < -0.39 is 5.97 Å². The number of aryl methyl sites for hydroxylation is 1. The first-order chi connectivity index (χ1) is 8.49. The third kappa shape index (κ3) is 3.63. The van der Waals surface area contributed by atoms with Crippen LogP contribution in [0.4, 0.5) is 5.82 Å². The molecule has 0 aliphatic rings. The zero-order valence-electron chi connectivity index (χ0n) is 11.3. The van der Waals surface area contributed by atoms with E-state index in [1.54, 1.807) is 23.9 Å².